The molecule has 0 saturated heterocycles. The summed E-state index contributed by atoms with van der Waals surface area (Å²) in [7, 11) is 0. The molecule has 0 aliphatic heterocycles. The smallest absolute Gasteiger partial charge is 0.351 e. The lowest BCUT2D eigenvalue weighted by atomic mass is 9.97. The molecule has 0 radical (unpaired) electrons. The summed E-state index contributed by atoms with van der Waals surface area (Å²) >= 11 is 2.36. The zero-order valence-electron chi connectivity index (χ0n) is 17.2. The number of halogens is 3. The van der Waals surface area contributed by atoms with E-state index in [2.05, 4.69) is 4.98 Å². The highest BCUT2D eigenvalue weighted by molar-refractivity contribution is 7.99. The molecule has 2 aromatic heterocycles. The number of nitrogens with zero attached hydrogens (tertiary/aromatic N) is 2. The number of thioether (sulfide) groups is 1. The average Bonchev–Trinajstić information content (AvgIpc) is 3.11. The Morgan fingerprint density at radius 2 is 1.94 bits per heavy atom. The van der Waals surface area contributed by atoms with Gasteiger partial charge in [0.15, 0.2) is 5.16 Å². The number of thiophene rings is 1. The van der Waals surface area contributed by atoms with E-state index in [1.807, 2.05) is 5.32 Å². The molecule has 0 unspecified atom stereocenters. The van der Waals surface area contributed by atoms with Crippen LogP contribution in [-0.2, 0) is 23.8 Å². The maximum absolute atomic E-state index is 13.8. The number of fused-ring (bicyclic) bond motifs is 3. The highest BCUT2D eigenvalue weighted by Gasteiger charge is 2.35. The number of carbonyl (C=O) groups is 2. The number of nitrogens with one attached hydrogen (secondary N) is 1. The molecule has 1 aromatic carbocycles. The highest BCUT2D eigenvalue weighted by atomic mass is 32.2. The Kier molecular flexibility index (Phi) is 6.48. The molecular weight excluding hydrogens is 477 g/mol. The first kappa shape index (κ1) is 23.3. The first-order chi connectivity index (χ1) is 15.7. The first-order valence-corrected chi connectivity index (χ1v) is 11.9. The van der Waals surface area contributed by atoms with Crippen molar-refractivity contribution in [2.75, 3.05) is 5.75 Å². The Labute approximate surface area is 194 Å². The molecule has 33 heavy (non-hydrogen) atoms. The van der Waals surface area contributed by atoms with Crippen molar-refractivity contribution in [3.05, 3.63) is 50.6 Å². The van der Waals surface area contributed by atoms with Crippen LogP contribution in [-0.4, -0.2) is 27.2 Å². The lowest BCUT2D eigenvalue weighted by Gasteiger charge is -2.17. The first-order valence-electron chi connectivity index (χ1n) is 10.1. The maximum atomic E-state index is 13.8. The molecule has 12 heteroatoms. The fourth-order valence-electron chi connectivity index (χ4n) is 3.84. The minimum atomic E-state index is -4.68. The van der Waals surface area contributed by atoms with Gasteiger partial charge in [0.1, 0.15) is 4.83 Å². The number of hydrogen-bond donors (Lipinski definition) is 2. The van der Waals surface area contributed by atoms with Crippen molar-refractivity contribution in [1.82, 2.24) is 14.9 Å². The Hall–Kier alpha value is -2.86. The van der Waals surface area contributed by atoms with Crippen molar-refractivity contribution in [2.24, 2.45) is 5.73 Å². The third-order valence-electron chi connectivity index (χ3n) is 5.23. The number of urea groups is 1. The molecule has 7 nitrogen and oxygen atoms in total. The van der Waals surface area contributed by atoms with Crippen LogP contribution in [0, 0.1) is 0 Å². The average molecular weight is 497 g/mol. The normalized spacial score (nSPS) is 13.7. The second kappa shape index (κ2) is 9.18. The van der Waals surface area contributed by atoms with E-state index < -0.39 is 29.2 Å². The topological polar surface area (TPSA) is 107 Å². The highest BCUT2D eigenvalue weighted by Crippen LogP contribution is 2.38. The van der Waals surface area contributed by atoms with Gasteiger partial charge >= 0.3 is 12.2 Å². The summed E-state index contributed by atoms with van der Waals surface area (Å²) < 4.78 is 42.3. The van der Waals surface area contributed by atoms with Crippen molar-refractivity contribution < 1.29 is 22.8 Å². The van der Waals surface area contributed by atoms with Gasteiger partial charge in [0.2, 0.25) is 5.91 Å². The van der Waals surface area contributed by atoms with Gasteiger partial charge in [-0.25, -0.2) is 9.78 Å². The summed E-state index contributed by atoms with van der Waals surface area (Å²) in [5, 5.41) is 2.34. The quantitative estimate of drug-likeness (QED) is 0.410. The number of amides is 3. The van der Waals surface area contributed by atoms with Gasteiger partial charge in [-0.1, -0.05) is 23.9 Å². The third-order valence-corrected chi connectivity index (χ3v) is 7.36. The van der Waals surface area contributed by atoms with Gasteiger partial charge in [-0.3, -0.25) is 19.5 Å². The Balaban J connectivity index is 1.85. The Morgan fingerprint density at radius 3 is 2.67 bits per heavy atom. The molecule has 3 N–H and O–H groups in total. The molecule has 0 saturated carbocycles. The summed E-state index contributed by atoms with van der Waals surface area (Å²) in [5.74, 6) is -0.552. The third kappa shape index (κ3) is 4.76. The monoisotopic (exact) mass is 496 g/mol. The minimum absolute atomic E-state index is 0.0506. The fraction of sp³-hybridized carbons (Fsp3) is 0.333. The van der Waals surface area contributed by atoms with E-state index in [9.17, 15) is 27.6 Å². The molecule has 174 valence electrons. The predicted molar refractivity (Wildman–Crippen MR) is 120 cm³/mol. The van der Waals surface area contributed by atoms with Crippen LogP contribution in [0.25, 0.3) is 15.9 Å². The van der Waals surface area contributed by atoms with E-state index in [4.69, 9.17) is 5.73 Å². The Morgan fingerprint density at radius 1 is 1.21 bits per heavy atom. The van der Waals surface area contributed by atoms with Crippen LogP contribution in [0.2, 0.25) is 0 Å². The van der Waals surface area contributed by atoms with Crippen molar-refractivity contribution >= 4 is 45.3 Å². The van der Waals surface area contributed by atoms with Gasteiger partial charge in [-0.15, -0.1) is 11.3 Å². The molecule has 0 fully saturated rings. The lowest BCUT2D eigenvalue weighted by Crippen LogP contribution is -2.35. The molecule has 1 aliphatic carbocycles. The summed E-state index contributed by atoms with van der Waals surface area (Å²) in [5.41, 5.74) is 3.97. The zero-order valence-corrected chi connectivity index (χ0v) is 18.8. The van der Waals surface area contributed by atoms with Gasteiger partial charge in [0.25, 0.3) is 5.56 Å². The number of imide groups is 1. The number of alkyl halides is 3. The van der Waals surface area contributed by atoms with Crippen LogP contribution in [0.3, 0.4) is 0 Å². The second-order valence-electron chi connectivity index (χ2n) is 7.45. The number of nitrogens with two attached hydrogens (primary N) is 1. The number of aryl methyl sites for hydroxylation is 2. The Bertz CT molecular complexity index is 1300. The van der Waals surface area contributed by atoms with E-state index in [-0.39, 0.29) is 23.0 Å². The maximum Gasteiger partial charge on any atom is 0.418 e. The minimum Gasteiger partial charge on any atom is -0.351 e. The standard InChI is InChI=1S/C21H19F3N4O3S2/c22-21(23,24)12-6-2-3-7-13(12)28-18(30)16-11-5-1-4-8-14(11)33-17(16)27-20(28)32-10-9-15(29)26-19(25)31/h2-3,6-7H,1,4-5,8-10H2,(H3,25,26,29,31). The summed E-state index contributed by atoms with van der Waals surface area (Å²) in [6.45, 7) is 0. The van der Waals surface area contributed by atoms with Crippen molar-refractivity contribution in [2.45, 2.75) is 43.4 Å². The van der Waals surface area contributed by atoms with Crippen molar-refractivity contribution in [3.8, 4) is 5.69 Å². The van der Waals surface area contributed by atoms with Gasteiger partial charge in [0, 0.05) is 17.1 Å². The van der Waals surface area contributed by atoms with Crippen LogP contribution in [0.4, 0.5) is 18.0 Å². The van der Waals surface area contributed by atoms with Gasteiger partial charge in [-0.05, 0) is 43.4 Å². The summed E-state index contributed by atoms with van der Waals surface area (Å²) in [6, 6.07) is 3.85. The van der Waals surface area contributed by atoms with Crippen LogP contribution in [0.15, 0.2) is 34.2 Å². The molecule has 0 atom stereocenters. The van der Waals surface area contributed by atoms with E-state index in [0.717, 1.165) is 52.1 Å². The molecular formula is C21H19F3N4O3S2. The van der Waals surface area contributed by atoms with Crippen LogP contribution < -0.4 is 16.6 Å². The van der Waals surface area contributed by atoms with Crippen LogP contribution >= 0.6 is 23.1 Å². The van der Waals surface area contributed by atoms with Crippen LogP contribution in [0.1, 0.15) is 35.3 Å². The largest absolute Gasteiger partial charge is 0.418 e. The molecule has 4 rings (SSSR count). The van der Waals surface area contributed by atoms with E-state index in [0.29, 0.717) is 16.6 Å². The predicted octanol–water partition coefficient (Wildman–Crippen LogP) is 4.02. The van der Waals surface area contributed by atoms with Crippen molar-refractivity contribution in [3.63, 3.8) is 0 Å². The summed E-state index contributed by atoms with van der Waals surface area (Å²) in [4.78, 5) is 42.2. The molecule has 2 heterocycles. The van der Waals surface area contributed by atoms with E-state index >= 15 is 0 Å². The molecule has 3 amide bonds. The van der Waals surface area contributed by atoms with Gasteiger partial charge in [0.05, 0.1) is 16.6 Å². The molecule has 3 aromatic rings. The zero-order chi connectivity index (χ0) is 23.8. The molecule has 0 spiro atoms. The van der Waals surface area contributed by atoms with Gasteiger partial charge in [-0.2, -0.15) is 13.2 Å². The fourth-order valence-corrected chi connectivity index (χ4v) is 6.08. The molecule has 0 bridgehead atoms. The van der Waals surface area contributed by atoms with Crippen molar-refractivity contribution in [1.29, 1.82) is 0 Å². The van der Waals surface area contributed by atoms with Crippen LogP contribution in [0.5, 0.6) is 0 Å². The summed E-state index contributed by atoms with van der Waals surface area (Å²) in [6.07, 6.45) is -1.42. The number of carbonyl (C=O) groups excluding carboxylic acids is 2. The SMILES string of the molecule is NC(=O)NC(=O)CCSc1nc2sc3c(c2c(=O)n1-c1ccccc1C(F)(F)F)CCCC3. The second-order valence-corrected chi connectivity index (χ2v) is 9.60. The number of benzene rings is 1. The van der Waals surface area contributed by atoms with Gasteiger partial charge < -0.3 is 5.73 Å². The van der Waals surface area contributed by atoms with E-state index in [1.165, 1.54) is 29.5 Å². The number of primary amides is 1. The van der Waals surface area contributed by atoms with E-state index in [1.54, 1.807) is 0 Å². The number of rotatable bonds is 5. The number of hydrogen-bond acceptors (Lipinski definition) is 6. The number of para-hydroxylation sites is 1. The number of aromatic nitrogens is 2. The lowest BCUT2D eigenvalue weighted by molar-refractivity contribution is -0.137. The molecule has 1 aliphatic rings.